The summed E-state index contributed by atoms with van der Waals surface area (Å²) in [6.07, 6.45) is 0. The number of benzene rings is 8. The van der Waals surface area contributed by atoms with Crippen LogP contribution in [-0.2, 0) is 0 Å². The lowest BCUT2D eigenvalue weighted by Gasteiger charge is -2.11. The lowest BCUT2D eigenvalue weighted by Crippen LogP contribution is -2.00. The van der Waals surface area contributed by atoms with Gasteiger partial charge >= 0.3 is 0 Å². The lowest BCUT2D eigenvalue weighted by molar-refractivity contribution is 0.669. The van der Waals surface area contributed by atoms with Gasteiger partial charge in [0.05, 0.1) is 0 Å². The number of hydrogen-bond acceptors (Lipinski definition) is 4. The van der Waals surface area contributed by atoms with Crippen molar-refractivity contribution in [3.8, 4) is 56.4 Å². The molecule has 0 saturated carbocycles. The van der Waals surface area contributed by atoms with Gasteiger partial charge < -0.3 is 4.42 Å². The van der Waals surface area contributed by atoms with E-state index in [9.17, 15) is 0 Å². The number of aromatic nitrogens is 3. The fraction of sp³-hybridized carbons (Fsp3) is 0. The molecule has 0 N–H and O–H groups in total. The second kappa shape index (κ2) is 11.9. The minimum absolute atomic E-state index is 0.605. The van der Waals surface area contributed by atoms with Crippen molar-refractivity contribution < 1.29 is 4.42 Å². The van der Waals surface area contributed by atoms with Gasteiger partial charge in [-0.3, -0.25) is 0 Å². The Morgan fingerprint density at radius 2 is 0.843 bits per heavy atom. The number of nitrogens with zero attached hydrogens (tertiary/aromatic N) is 3. The van der Waals surface area contributed by atoms with E-state index in [1.807, 2.05) is 30.3 Å². The fourth-order valence-corrected chi connectivity index (χ4v) is 7.18. The van der Waals surface area contributed by atoms with Crippen LogP contribution < -0.4 is 0 Å². The van der Waals surface area contributed by atoms with Gasteiger partial charge in [-0.2, -0.15) is 0 Å². The van der Waals surface area contributed by atoms with E-state index in [2.05, 4.69) is 146 Å². The highest BCUT2D eigenvalue weighted by atomic mass is 16.3. The molecule has 2 aromatic heterocycles. The van der Waals surface area contributed by atoms with Gasteiger partial charge in [0.25, 0.3) is 0 Å². The summed E-state index contributed by atoms with van der Waals surface area (Å²) < 4.78 is 6.23. The molecule has 8 aromatic carbocycles. The van der Waals surface area contributed by atoms with Gasteiger partial charge in [-0.1, -0.05) is 158 Å². The van der Waals surface area contributed by atoms with Gasteiger partial charge in [0.2, 0.25) is 0 Å². The standard InChI is InChI=1S/C47H29N3O/c1-2-11-36-29-37(28-23-30(36)9-1)46-48-45(49-47(50-46)41-16-8-18-43-44(41)40-14-5-6-17-42(40)51-43)35-26-21-32(22-27-35)31-19-24-34(25-20-31)39-15-7-12-33-10-3-4-13-38(33)39/h1-29H. The first-order chi connectivity index (χ1) is 25.2. The first kappa shape index (κ1) is 29.0. The minimum atomic E-state index is 0.605. The molecule has 238 valence electrons. The third-order valence-corrected chi connectivity index (χ3v) is 9.75. The molecule has 4 heteroatoms. The molecule has 10 rings (SSSR count). The maximum atomic E-state index is 6.23. The Morgan fingerprint density at radius 3 is 1.65 bits per heavy atom. The van der Waals surface area contributed by atoms with Crippen molar-refractivity contribution in [2.24, 2.45) is 0 Å². The Morgan fingerprint density at radius 1 is 0.314 bits per heavy atom. The van der Waals surface area contributed by atoms with E-state index in [0.717, 1.165) is 55.1 Å². The van der Waals surface area contributed by atoms with Crippen LogP contribution in [0.25, 0.3) is 99.9 Å². The van der Waals surface area contributed by atoms with Gasteiger partial charge in [-0.25, -0.2) is 15.0 Å². The van der Waals surface area contributed by atoms with E-state index in [0.29, 0.717) is 17.5 Å². The SMILES string of the molecule is c1ccc2cc(-c3nc(-c4ccc(-c5ccc(-c6cccc7ccccc67)cc5)cc4)nc(-c4cccc5oc6ccccc6c45)n3)ccc2c1. The van der Waals surface area contributed by atoms with Crippen molar-refractivity contribution >= 4 is 43.5 Å². The molecule has 0 aliphatic carbocycles. The summed E-state index contributed by atoms with van der Waals surface area (Å²) in [5, 5.41) is 6.84. The van der Waals surface area contributed by atoms with Crippen LogP contribution in [0.3, 0.4) is 0 Å². The zero-order valence-corrected chi connectivity index (χ0v) is 27.5. The van der Waals surface area contributed by atoms with Crippen LogP contribution in [0.2, 0.25) is 0 Å². The summed E-state index contributed by atoms with van der Waals surface area (Å²) in [5.74, 6) is 1.85. The Bertz CT molecular complexity index is 2900. The molecule has 10 aromatic rings. The Kier molecular flexibility index (Phi) is 6.78. The summed E-state index contributed by atoms with van der Waals surface area (Å²) in [6, 6.07) is 61.2. The van der Waals surface area contributed by atoms with Crippen LogP contribution in [0.1, 0.15) is 0 Å². The lowest BCUT2D eigenvalue weighted by atomic mass is 9.96. The van der Waals surface area contributed by atoms with Gasteiger partial charge in [-0.15, -0.1) is 0 Å². The molecule has 0 fully saturated rings. The Labute approximate surface area is 294 Å². The van der Waals surface area contributed by atoms with Crippen molar-refractivity contribution in [1.82, 2.24) is 15.0 Å². The van der Waals surface area contributed by atoms with Crippen molar-refractivity contribution in [1.29, 1.82) is 0 Å². The summed E-state index contributed by atoms with van der Waals surface area (Å²) in [5.41, 5.74) is 9.12. The van der Waals surface area contributed by atoms with E-state index >= 15 is 0 Å². The van der Waals surface area contributed by atoms with Crippen LogP contribution in [0, 0.1) is 0 Å². The zero-order valence-electron chi connectivity index (χ0n) is 27.5. The number of fused-ring (bicyclic) bond motifs is 5. The smallest absolute Gasteiger partial charge is 0.164 e. The summed E-state index contributed by atoms with van der Waals surface area (Å²) in [6.45, 7) is 0. The second-order valence-corrected chi connectivity index (χ2v) is 12.8. The third-order valence-electron chi connectivity index (χ3n) is 9.75. The Hall–Kier alpha value is -6.91. The average Bonchev–Trinajstić information content (AvgIpc) is 3.59. The number of furan rings is 1. The zero-order chi connectivity index (χ0) is 33.7. The highest BCUT2D eigenvalue weighted by molar-refractivity contribution is 6.11. The quantitative estimate of drug-likeness (QED) is 0.186. The first-order valence-electron chi connectivity index (χ1n) is 17.1. The number of hydrogen-bond donors (Lipinski definition) is 0. The van der Waals surface area contributed by atoms with Gasteiger partial charge in [0, 0.05) is 27.5 Å². The predicted molar refractivity (Wildman–Crippen MR) is 209 cm³/mol. The monoisotopic (exact) mass is 651 g/mol. The number of rotatable bonds is 5. The summed E-state index contributed by atoms with van der Waals surface area (Å²) >= 11 is 0. The molecular weight excluding hydrogens is 623 g/mol. The molecule has 4 nitrogen and oxygen atoms in total. The molecule has 51 heavy (non-hydrogen) atoms. The molecule has 0 amide bonds. The van der Waals surface area contributed by atoms with Crippen molar-refractivity contribution in [2.75, 3.05) is 0 Å². The van der Waals surface area contributed by atoms with E-state index in [1.165, 1.54) is 27.3 Å². The van der Waals surface area contributed by atoms with E-state index in [-0.39, 0.29) is 0 Å². The summed E-state index contributed by atoms with van der Waals surface area (Å²) in [7, 11) is 0. The molecule has 0 unspecified atom stereocenters. The predicted octanol–water partition coefficient (Wildman–Crippen LogP) is 12.4. The highest BCUT2D eigenvalue weighted by Gasteiger charge is 2.18. The molecule has 0 saturated heterocycles. The molecule has 0 atom stereocenters. The number of para-hydroxylation sites is 1. The maximum absolute atomic E-state index is 6.23. The van der Waals surface area contributed by atoms with Gasteiger partial charge in [0.15, 0.2) is 17.5 Å². The van der Waals surface area contributed by atoms with Crippen molar-refractivity contribution in [2.45, 2.75) is 0 Å². The average molecular weight is 652 g/mol. The first-order valence-corrected chi connectivity index (χ1v) is 17.1. The maximum Gasteiger partial charge on any atom is 0.164 e. The molecule has 0 aliphatic heterocycles. The van der Waals surface area contributed by atoms with Gasteiger partial charge in [-0.05, 0) is 62.0 Å². The van der Waals surface area contributed by atoms with E-state index in [4.69, 9.17) is 19.4 Å². The topological polar surface area (TPSA) is 51.8 Å². The van der Waals surface area contributed by atoms with E-state index < -0.39 is 0 Å². The molecule has 0 radical (unpaired) electrons. The van der Waals surface area contributed by atoms with E-state index in [1.54, 1.807) is 0 Å². The fourth-order valence-electron chi connectivity index (χ4n) is 7.18. The third kappa shape index (κ3) is 5.13. The van der Waals surface area contributed by atoms with Crippen LogP contribution in [0.4, 0.5) is 0 Å². The van der Waals surface area contributed by atoms with Crippen LogP contribution >= 0.6 is 0 Å². The molecular formula is C47H29N3O. The molecule has 0 aliphatic rings. The van der Waals surface area contributed by atoms with Crippen LogP contribution in [0.15, 0.2) is 180 Å². The van der Waals surface area contributed by atoms with Gasteiger partial charge in [0.1, 0.15) is 11.2 Å². The second-order valence-electron chi connectivity index (χ2n) is 12.8. The minimum Gasteiger partial charge on any atom is -0.456 e. The van der Waals surface area contributed by atoms with Crippen LogP contribution in [0.5, 0.6) is 0 Å². The summed E-state index contributed by atoms with van der Waals surface area (Å²) in [4.78, 5) is 15.3. The Balaban J connectivity index is 1.07. The molecule has 2 heterocycles. The normalized spacial score (nSPS) is 11.5. The van der Waals surface area contributed by atoms with Crippen LogP contribution in [-0.4, -0.2) is 15.0 Å². The molecule has 0 bridgehead atoms. The molecule has 0 spiro atoms. The van der Waals surface area contributed by atoms with Crippen molar-refractivity contribution in [3.63, 3.8) is 0 Å². The highest BCUT2D eigenvalue weighted by Crippen LogP contribution is 2.37. The largest absolute Gasteiger partial charge is 0.456 e. The van der Waals surface area contributed by atoms with Crippen molar-refractivity contribution in [3.05, 3.63) is 176 Å².